The fraction of sp³-hybridized carbons (Fsp3) is 0.130. The lowest BCUT2D eigenvalue weighted by Gasteiger charge is -2.11. The van der Waals surface area contributed by atoms with Crippen LogP contribution in [0.25, 0.3) is 0 Å². The topological polar surface area (TPSA) is 78.4 Å². The predicted molar refractivity (Wildman–Crippen MR) is 133 cm³/mol. The average Bonchev–Trinajstić information content (AvgIpc) is 3.36. The molecule has 1 saturated carbocycles. The summed E-state index contributed by atoms with van der Waals surface area (Å²) in [5.74, 6) is -6.58. The first-order valence-corrected chi connectivity index (χ1v) is 11.7. The van der Waals surface area contributed by atoms with Crippen LogP contribution in [0.3, 0.4) is 0 Å². The second-order valence-corrected chi connectivity index (χ2v) is 10.5. The molecule has 3 aromatic carbocycles. The summed E-state index contributed by atoms with van der Waals surface area (Å²) in [6.45, 7) is 0. The minimum absolute atomic E-state index is 0.00542. The Labute approximate surface area is 222 Å². The molecule has 2 amide bonds. The molecule has 2 unspecified atom stereocenters. The largest absolute Gasteiger partial charge is 0.503 e. The molecule has 3 N–H and O–H groups in total. The number of benzene rings is 3. The van der Waals surface area contributed by atoms with Crippen molar-refractivity contribution in [2.24, 2.45) is 5.92 Å². The highest BCUT2D eigenvalue weighted by Crippen LogP contribution is 2.65. The Balaban J connectivity index is 1.52. The van der Waals surface area contributed by atoms with Crippen molar-refractivity contribution in [3.8, 4) is 5.75 Å². The van der Waals surface area contributed by atoms with E-state index >= 15 is 0 Å². The summed E-state index contributed by atoms with van der Waals surface area (Å²) in [6.07, 6.45) is 0. The van der Waals surface area contributed by atoms with E-state index in [1.807, 2.05) is 0 Å². The highest BCUT2D eigenvalue weighted by atomic mass is 35.5. The second kappa shape index (κ2) is 9.64. The smallest absolute Gasteiger partial charge is 0.257 e. The molecule has 5 nitrogen and oxygen atoms in total. The number of phenols is 1. The maximum Gasteiger partial charge on any atom is 0.257 e. The van der Waals surface area contributed by atoms with Gasteiger partial charge in [-0.2, -0.15) is 0 Å². The number of nitrogens with one attached hydrogen (secondary N) is 2. The van der Waals surface area contributed by atoms with Crippen molar-refractivity contribution in [1.82, 2.24) is 0 Å². The fourth-order valence-corrected chi connectivity index (χ4v) is 5.22. The monoisotopic (exact) mass is 578 g/mol. The summed E-state index contributed by atoms with van der Waals surface area (Å²) in [5, 5.41) is 14.9. The number of carbonyl (C=O) groups is 2. The lowest BCUT2D eigenvalue weighted by Crippen LogP contribution is -2.18. The molecule has 4 rings (SSSR count). The molecule has 3 aromatic rings. The maximum absolute atomic E-state index is 14.0. The van der Waals surface area contributed by atoms with Crippen LogP contribution >= 0.6 is 58.0 Å². The van der Waals surface area contributed by atoms with Gasteiger partial charge in [-0.3, -0.25) is 9.59 Å². The lowest BCUT2D eigenvalue weighted by atomic mass is 10.1. The third kappa shape index (κ3) is 5.15. The summed E-state index contributed by atoms with van der Waals surface area (Å²) in [4.78, 5) is 25.6. The van der Waals surface area contributed by atoms with Gasteiger partial charge < -0.3 is 15.7 Å². The standard InChI is InChI=1S/C23H13Cl5F2N2O3/c24-10-5-9(6-11(25)7-10)17-18(23(17,27)28)22(35)31-12-1-2-14(26)13(8-12)21(34)32-16-4-3-15(29)20(33)19(16)30/h1-8,17-18,33H,(H,31,35)(H,32,34). The molecule has 1 aliphatic rings. The van der Waals surface area contributed by atoms with Gasteiger partial charge in [0.25, 0.3) is 5.91 Å². The summed E-state index contributed by atoms with van der Waals surface area (Å²) >= 11 is 30.9. The number of aromatic hydroxyl groups is 1. The van der Waals surface area contributed by atoms with Crippen molar-refractivity contribution in [3.05, 3.63) is 86.4 Å². The van der Waals surface area contributed by atoms with Crippen molar-refractivity contribution < 1.29 is 23.5 Å². The van der Waals surface area contributed by atoms with Crippen LogP contribution in [-0.2, 0) is 4.79 Å². The number of amides is 2. The second-order valence-electron chi connectivity index (χ2n) is 7.73. The Morgan fingerprint density at radius 1 is 0.914 bits per heavy atom. The molecule has 0 radical (unpaired) electrons. The highest BCUT2D eigenvalue weighted by Gasteiger charge is 2.67. The zero-order valence-corrected chi connectivity index (χ0v) is 21.0. The molecule has 0 aliphatic heterocycles. The first kappa shape index (κ1) is 25.8. The highest BCUT2D eigenvalue weighted by molar-refractivity contribution is 6.53. The molecule has 0 heterocycles. The van der Waals surface area contributed by atoms with Gasteiger partial charge in [0.2, 0.25) is 5.91 Å². The first-order valence-electron chi connectivity index (χ1n) is 9.82. The molecule has 0 bridgehead atoms. The van der Waals surface area contributed by atoms with Crippen molar-refractivity contribution >= 4 is 81.2 Å². The number of halogens is 7. The Bertz CT molecular complexity index is 1350. The summed E-state index contributed by atoms with van der Waals surface area (Å²) in [5.41, 5.74) is 0.193. The zero-order chi connectivity index (χ0) is 25.7. The minimum atomic E-state index is -1.41. The van der Waals surface area contributed by atoms with E-state index in [0.29, 0.717) is 15.6 Å². The van der Waals surface area contributed by atoms with E-state index in [4.69, 9.17) is 58.0 Å². The van der Waals surface area contributed by atoms with Gasteiger partial charge in [0, 0.05) is 21.7 Å². The molecule has 35 heavy (non-hydrogen) atoms. The van der Waals surface area contributed by atoms with E-state index in [1.165, 1.54) is 24.3 Å². The number of rotatable bonds is 5. The van der Waals surface area contributed by atoms with Crippen LogP contribution in [0.4, 0.5) is 20.2 Å². The van der Waals surface area contributed by atoms with E-state index in [0.717, 1.165) is 12.1 Å². The SMILES string of the molecule is O=C(Nc1ccc(F)c(O)c1F)c1cc(NC(=O)C2C(c3cc(Cl)cc(Cl)c3)C2(Cl)Cl)ccc1Cl. The lowest BCUT2D eigenvalue weighted by molar-refractivity contribution is -0.117. The van der Waals surface area contributed by atoms with Crippen molar-refractivity contribution in [1.29, 1.82) is 0 Å². The number of phenolic OH excluding ortho intramolecular Hbond substituents is 1. The van der Waals surface area contributed by atoms with Crippen LogP contribution in [0.2, 0.25) is 15.1 Å². The fourth-order valence-electron chi connectivity index (χ4n) is 3.65. The van der Waals surface area contributed by atoms with Crippen LogP contribution in [-0.4, -0.2) is 21.3 Å². The average molecular weight is 581 g/mol. The van der Waals surface area contributed by atoms with Gasteiger partial charge in [-0.05, 0) is 54.1 Å². The molecule has 1 aliphatic carbocycles. The normalized spacial score (nSPS) is 18.1. The van der Waals surface area contributed by atoms with Crippen LogP contribution < -0.4 is 10.6 Å². The van der Waals surface area contributed by atoms with Gasteiger partial charge in [0.05, 0.1) is 22.2 Å². The molecule has 1 fully saturated rings. The van der Waals surface area contributed by atoms with E-state index in [9.17, 15) is 23.5 Å². The van der Waals surface area contributed by atoms with Crippen LogP contribution in [0, 0.1) is 17.6 Å². The maximum atomic E-state index is 14.0. The van der Waals surface area contributed by atoms with Crippen molar-refractivity contribution in [3.63, 3.8) is 0 Å². The molecule has 0 spiro atoms. The van der Waals surface area contributed by atoms with E-state index in [2.05, 4.69) is 10.6 Å². The predicted octanol–water partition coefficient (Wildman–Crippen LogP) is 7.41. The van der Waals surface area contributed by atoms with Crippen molar-refractivity contribution in [2.45, 2.75) is 10.3 Å². The van der Waals surface area contributed by atoms with Crippen LogP contribution in [0.5, 0.6) is 5.75 Å². The van der Waals surface area contributed by atoms with Crippen molar-refractivity contribution in [2.75, 3.05) is 10.6 Å². The number of hydrogen-bond donors (Lipinski definition) is 3. The van der Waals surface area contributed by atoms with Gasteiger partial charge >= 0.3 is 0 Å². The number of alkyl halides is 2. The molecule has 2 atom stereocenters. The van der Waals surface area contributed by atoms with Gasteiger partial charge in [0.1, 0.15) is 4.33 Å². The summed E-state index contributed by atoms with van der Waals surface area (Å²) < 4.78 is 25.9. The third-order valence-electron chi connectivity index (χ3n) is 5.37. The minimum Gasteiger partial charge on any atom is -0.503 e. The van der Waals surface area contributed by atoms with Gasteiger partial charge in [-0.1, -0.05) is 34.8 Å². The Morgan fingerprint density at radius 2 is 1.57 bits per heavy atom. The quantitative estimate of drug-likeness (QED) is 0.275. The van der Waals surface area contributed by atoms with Gasteiger partial charge in [0.15, 0.2) is 17.4 Å². The van der Waals surface area contributed by atoms with Crippen LogP contribution in [0.15, 0.2) is 48.5 Å². The number of anilines is 2. The Kier molecular flexibility index (Phi) is 7.10. The molecule has 12 heteroatoms. The molecule has 182 valence electrons. The molecular formula is C23H13Cl5F2N2O3. The number of carbonyl (C=O) groups excluding carboxylic acids is 2. The zero-order valence-electron chi connectivity index (χ0n) is 17.2. The molecular weight excluding hydrogens is 568 g/mol. The number of hydrogen-bond acceptors (Lipinski definition) is 3. The molecule has 0 aromatic heterocycles. The molecule has 0 saturated heterocycles. The Morgan fingerprint density at radius 3 is 2.23 bits per heavy atom. The van der Waals surface area contributed by atoms with E-state index < -0.39 is 51.1 Å². The summed E-state index contributed by atoms with van der Waals surface area (Å²) in [7, 11) is 0. The van der Waals surface area contributed by atoms with E-state index in [1.54, 1.807) is 12.1 Å². The van der Waals surface area contributed by atoms with Gasteiger partial charge in [-0.15, -0.1) is 23.2 Å². The van der Waals surface area contributed by atoms with Gasteiger partial charge in [-0.25, -0.2) is 8.78 Å². The van der Waals surface area contributed by atoms with Crippen LogP contribution in [0.1, 0.15) is 21.8 Å². The summed E-state index contributed by atoms with van der Waals surface area (Å²) in [6, 6.07) is 10.5. The third-order valence-corrected chi connectivity index (χ3v) is 7.08. The Hall–Kier alpha value is -2.29. The first-order chi connectivity index (χ1) is 16.4. The van der Waals surface area contributed by atoms with E-state index in [-0.39, 0.29) is 16.3 Å².